The molecule has 0 aliphatic rings. The number of rotatable bonds is 7. The first-order chi connectivity index (χ1) is 26.5. The van der Waals surface area contributed by atoms with E-state index < -0.39 is 0 Å². The van der Waals surface area contributed by atoms with Crippen molar-refractivity contribution in [1.82, 2.24) is 9.97 Å². The summed E-state index contributed by atoms with van der Waals surface area (Å²) in [6, 6.07) is 65.2. The van der Waals surface area contributed by atoms with E-state index in [1.54, 1.807) is 6.20 Å². The molecule has 0 aliphatic heterocycles. The third-order valence-electron chi connectivity index (χ3n) is 10.3. The van der Waals surface area contributed by atoms with Gasteiger partial charge >= 0.3 is 0 Å². The minimum absolute atomic E-state index is 0. The smallest absolute Gasteiger partial charge is 0.121 e. The molecule has 55 heavy (non-hydrogen) atoms. The van der Waals surface area contributed by atoms with Gasteiger partial charge in [-0.05, 0) is 57.4 Å². The van der Waals surface area contributed by atoms with E-state index in [2.05, 4.69) is 159 Å². The van der Waals surface area contributed by atoms with E-state index in [9.17, 15) is 0 Å². The Morgan fingerprint density at radius 1 is 0.545 bits per heavy atom. The Balaban J connectivity index is 0.000000206. The molecule has 0 bridgehead atoms. The summed E-state index contributed by atoms with van der Waals surface area (Å²) in [5, 5.41) is 2.21. The standard InChI is InChI=1S/C34H28NO.C17H12N.Ir/c1-23(24-11-6-4-7-12-24)25-17-18-28-29-15-10-16-30(33(29)36-32(28)21-25)31-22-27(19-20-35-31)34(2,3)26-13-8-5-9-14-26;1-2-7-14(8-3-1)15-9-6-10-16(13-15)17-11-4-5-12-18-17;/h4-15,17-23H,1-3H3;1-9,11-13H;/q2*-1;. The van der Waals surface area contributed by atoms with Crippen molar-refractivity contribution in [2.45, 2.75) is 32.1 Å². The predicted octanol–water partition coefficient (Wildman–Crippen LogP) is 13.1. The number of hydrogen-bond acceptors (Lipinski definition) is 3. The van der Waals surface area contributed by atoms with Gasteiger partial charge in [0.05, 0.1) is 5.58 Å². The van der Waals surface area contributed by atoms with E-state index >= 15 is 0 Å². The largest absolute Gasteiger partial charge is 0.501 e. The Morgan fingerprint density at radius 2 is 1.24 bits per heavy atom. The molecule has 271 valence electrons. The predicted molar refractivity (Wildman–Crippen MR) is 222 cm³/mol. The molecular weight excluding hydrogens is 849 g/mol. The third-order valence-corrected chi connectivity index (χ3v) is 10.3. The summed E-state index contributed by atoms with van der Waals surface area (Å²) in [4.78, 5) is 9.08. The summed E-state index contributed by atoms with van der Waals surface area (Å²) >= 11 is 0. The average Bonchev–Trinajstić information content (AvgIpc) is 3.63. The molecule has 0 spiro atoms. The van der Waals surface area contributed by atoms with E-state index in [-0.39, 0.29) is 31.4 Å². The molecule has 9 aromatic rings. The van der Waals surface area contributed by atoms with E-state index in [4.69, 9.17) is 9.40 Å². The first-order valence-corrected chi connectivity index (χ1v) is 18.4. The zero-order valence-electron chi connectivity index (χ0n) is 31.0. The number of fused-ring (bicyclic) bond motifs is 3. The van der Waals surface area contributed by atoms with Crippen LogP contribution in [0.15, 0.2) is 187 Å². The summed E-state index contributed by atoms with van der Waals surface area (Å²) in [7, 11) is 0. The van der Waals surface area contributed by atoms with Gasteiger partial charge in [-0.1, -0.05) is 153 Å². The Kier molecular flexibility index (Phi) is 11.3. The SMILES string of the molecule is CC(c1ccccc1)c1ccc2c(c1)oc1c(-c3cc(C(C)(C)c4ccccc4)ccn3)[c-]ccc12.[Ir].[c-]1ccc(-c2ccccc2)cc1-c1ccccn1. The first kappa shape index (κ1) is 37.4. The van der Waals surface area contributed by atoms with Gasteiger partial charge in [0.1, 0.15) is 5.58 Å². The average molecular weight is 889 g/mol. The Hall–Kier alpha value is -5.93. The van der Waals surface area contributed by atoms with Crippen LogP contribution in [0.4, 0.5) is 0 Å². The fraction of sp³-hybridized carbons (Fsp3) is 0.0980. The third kappa shape index (κ3) is 7.98. The number of aromatic nitrogens is 2. The Bertz CT molecular complexity index is 2580. The van der Waals surface area contributed by atoms with Gasteiger partial charge in [-0.25, -0.2) is 0 Å². The van der Waals surface area contributed by atoms with E-state index in [0.29, 0.717) is 0 Å². The second-order valence-corrected chi connectivity index (χ2v) is 14.1. The summed E-state index contributed by atoms with van der Waals surface area (Å²) in [6.07, 6.45) is 3.70. The maximum absolute atomic E-state index is 6.50. The molecule has 0 fully saturated rings. The fourth-order valence-electron chi connectivity index (χ4n) is 7.08. The van der Waals surface area contributed by atoms with Crippen LogP contribution in [0, 0.1) is 12.1 Å². The van der Waals surface area contributed by atoms with Gasteiger partial charge in [0.15, 0.2) is 0 Å². The van der Waals surface area contributed by atoms with Crippen molar-refractivity contribution < 1.29 is 24.5 Å². The topological polar surface area (TPSA) is 38.9 Å². The van der Waals surface area contributed by atoms with E-state index in [0.717, 1.165) is 44.5 Å². The zero-order valence-corrected chi connectivity index (χ0v) is 33.4. The van der Waals surface area contributed by atoms with Crippen LogP contribution in [0.25, 0.3) is 55.6 Å². The molecule has 0 saturated carbocycles. The van der Waals surface area contributed by atoms with Crippen LogP contribution in [-0.2, 0) is 25.5 Å². The second kappa shape index (κ2) is 16.6. The van der Waals surface area contributed by atoms with Crippen LogP contribution >= 0.6 is 0 Å². The maximum Gasteiger partial charge on any atom is 0.121 e. The zero-order chi connectivity index (χ0) is 36.9. The molecule has 0 amide bonds. The maximum atomic E-state index is 6.50. The van der Waals surface area contributed by atoms with Crippen LogP contribution in [-0.4, -0.2) is 9.97 Å². The molecular formula is C51H40IrN2O-2. The summed E-state index contributed by atoms with van der Waals surface area (Å²) < 4.78 is 6.50. The van der Waals surface area contributed by atoms with Crippen LogP contribution in [0.3, 0.4) is 0 Å². The number of pyridine rings is 2. The van der Waals surface area contributed by atoms with Gasteiger partial charge in [0.25, 0.3) is 0 Å². The van der Waals surface area contributed by atoms with Crippen molar-refractivity contribution in [3.05, 3.63) is 217 Å². The van der Waals surface area contributed by atoms with Crippen molar-refractivity contribution >= 4 is 21.9 Å². The molecule has 0 N–H and O–H groups in total. The number of nitrogens with zero attached hydrogens (tertiary/aromatic N) is 2. The van der Waals surface area contributed by atoms with Crippen LogP contribution in [0.5, 0.6) is 0 Å². The van der Waals surface area contributed by atoms with Gasteiger partial charge in [0.2, 0.25) is 0 Å². The summed E-state index contributed by atoms with van der Waals surface area (Å²) in [6.45, 7) is 6.74. The normalized spacial score (nSPS) is 11.7. The minimum atomic E-state index is -0.150. The van der Waals surface area contributed by atoms with E-state index in [1.165, 1.54) is 33.4 Å². The van der Waals surface area contributed by atoms with Crippen molar-refractivity contribution in [3.63, 3.8) is 0 Å². The molecule has 4 heteroatoms. The number of benzene rings is 6. The van der Waals surface area contributed by atoms with E-state index in [1.807, 2.05) is 54.7 Å². The van der Waals surface area contributed by atoms with Crippen LogP contribution in [0.1, 0.15) is 48.9 Å². The second-order valence-electron chi connectivity index (χ2n) is 14.1. The van der Waals surface area contributed by atoms with Crippen molar-refractivity contribution in [3.8, 4) is 33.6 Å². The van der Waals surface area contributed by atoms with Crippen LogP contribution in [0.2, 0.25) is 0 Å². The van der Waals surface area contributed by atoms with Crippen molar-refractivity contribution in [1.29, 1.82) is 0 Å². The Morgan fingerprint density at radius 3 is 1.98 bits per heavy atom. The monoisotopic (exact) mass is 889 g/mol. The van der Waals surface area contributed by atoms with Gasteiger partial charge in [0, 0.05) is 49.2 Å². The van der Waals surface area contributed by atoms with Gasteiger partial charge in [-0.3, -0.25) is 0 Å². The minimum Gasteiger partial charge on any atom is -0.501 e. The molecule has 3 nitrogen and oxygen atoms in total. The molecule has 3 heterocycles. The van der Waals surface area contributed by atoms with Gasteiger partial charge in [-0.2, -0.15) is 0 Å². The molecule has 9 rings (SSSR count). The van der Waals surface area contributed by atoms with Crippen LogP contribution < -0.4 is 0 Å². The number of hydrogen-bond donors (Lipinski definition) is 0. The van der Waals surface area contributed by atoms with Gasteiger partial charge in [-0.15, -0.1) is 53.6 Å². The summed E-state index contributed by atoms with van der Waals surface area (Å²) in [5.41, 5.74) is 12.7. The van der Waals surface area contributed by atoms with Crippen molar-refractivity contribution in [2.24, 2.45) is 0 Å². The first-order valence-electron chi connectivity index (χ1n) is 18.4. The molecule has 1 atom stereocenters. The molecule has 3 aromatic heterocycles. The summed E-state index contributed by atoms with van der Waals surface area (Å²) in [5.74, 6) is 0.286. The molecule has 0 aliphatic carbocycles. The quantitative estimate of drug-likeness (QED) is 0.150. The molecule has 6 aromatic carbocycles. The Labute approximate surface area is 337 Å². The molecule has 0 saturated heterocycles. The molecule has 1 unspecified atom stereocenters. The molecule has 1 radical (unpaired) electrons. The van der Waals surface area contributed by atoms with Crippen molar-refractivity contribution in [2.75, 3.05) is 0 Å². The fourth-order valence-corrected chi connectivity index (χ4v) is 7.08. The van der Waals surface area contributed by atoms with Gasteiger partial charge < -0.3 is 14.4 Å². The number of furan rings is 1.